The smallest absolute Gasteiger partial charge is 0.262 e. The largest absolute Gasteiger partial charge is 0.276 e. The van der Waals surface area contributed by atoms with Crippen molar-refractivity contribution in [1.82, 2.24) is 19.2 Å². The Kier molecular flexibility index (Phi) is 3.93. The van der Waals surface area contributed by atoms with Crippen molar-refractivity contribution in [3.05, 3.63) is 75.0 Å². The van der Waals surface area contributed by atoms with Gasteiger partial charge in [-0.05, 0) is 48.8 Å². The molecule has 0 amide bonds. The Morgan fingerprint density at radius 3 is 2.76 bits per heavy atom. The van der Waals surface area contributed by atoms with E-state index in [1.807, 2.05) is 18.2 Å². The van der Waals surface area contributed by atoms with Crippen molar-refractivity contribution in [3.63, 3.8) is 0 Å². The van der Waals surface area contributed by atoms with E-state index in [1.54, 1.807) is 15.0 Å². The summed E-state index contributed by atoms with van der Waals surface area (Å²) in [5, 5.41) is 7.21. The predicted octanol–water partition coefficient (Wildman–Crippen LogP) is 3.48. The van der Waals surface area contributed by atoms with Crippen LogP contribution in [0.15, 0.2) is 53.3 Å². The molecule has 0 saturated heterocycles. The maximum Gasteiger partial charge on any atom is 0.262 e. The number of nitrogens with one attached hydrogen (secondary N) is 1. The van der Waals surface area contributed by atoms with Gasteiger partial charge in [-0.25, -0.2) is 9.49 Å². The van der Waals surface area contributed by atoms with Crippen LogP contribution in [0.25, 0.3) is 16.7 Å². The van der Waals surface area contributed by atoms with Crippen molar-refractivity contribution in [2.24, 2.45) is 0 Å². The Bertz CT molecular complexity index is 1180. The summed E-state index contributed by atoms with van der Waals surface area (Å²) in [6.45, 7) is 0.476. The lowest BCUT2D eigenvalue weighted by Crippen LogP contribution is -2.23. The van der Waals surface area contributed by atoms with Crippen LogP contribution in [0.2, 0.25) is 0 Å². The summed E-state index contributed by atoms with van der Waals surface area (Å²) in [5.41, 5.74) is 1.50. The lowest BCUT2D eigenvalue weighted by molar-refractivity contribution is 0.622. The SMILES string of the molecule is O=c1c2cc(F)ccc2n2c(=S)[nH]nc2n1CCCc1ccccc1. The number of benzene rings is 2. The minimum atomic E-state index is -0.449. The highest BCUT2D eigenvalue weighted by Gasteiger charge is 2.13. The minimum absolute atomic E-state index is 0.260. The summed E-state index contributed by atoms with van der Waals surface area (Å²) in [6.07, 6.45) is 1.60. The minimum Gasteiger partial charge on any atom is -0.276 e. The number of hydrogen-bond donors (Lipinski definition) is 1. The molecule has 7 heteroatoms. The Labute approximate surface area is 147 Å². The van der Waals surface area contributed by atoms with Crippen molar-refractivity contribution in [3.8, 4) is 0 Å². The summed E-state index contributed by atoms with van der Waals surface area (Å²) >= 11 is 5.28. The molecule has 0 aliphatic rings. The van der Waals surface area contributed by atoms with Crippen molar-refractivity contribution in [2.45, 2.75) is 19.4 Å². The quantitative estimate of drug-likeness (QED) is 0.571. The Hall–Kier alpha value is -2.80. The fourth-order valence-electron chi connectivity index (χ4n) is 3.09. The van der Waals surface area contributed by atoms with Crippen LogP contribution in [0.5, 0.6) is 0 Å². The first-order valence-electron chi connectivity index (χ1n) is 7.98. The van der Waals surface area contributed by atoms with E-state index in [2.05, 4.69) is 22.3 Å². The maximum atomic E-state index is 13.6. The van der Waals surface area contributed by atoms with Gasteiger partial charge in [0, 0.05) is 6.54 Å². The van der Waals surface area contributed by atoms with Gasteiger partial charge in [0.2, 0.25) is 10.5 Å². The van der Waals surface area contributed by atoms with Crippen molar-refractivity contribution in [2.75, 3.05) is 0 Å². The summed E-state index contributed by atoms with van der Waals surface area (Å²) in [6, 6.07) is 14.2. The van der Waals surface area contributed by atoms with Crippen molar-refractivity contribution in [1.29, 1.82) is 0 Å². The average molecular weight is 354 g/mol. The first-order valence-corrected chi connectivity index (χ1v) is 8.39. The molecule has 0 saturated carbocycles. The third-order valence-corrected chi connectivity index (χ3v) is 4.53. The van der Waals surface area contributed by atoms with E-state index in [1.165, 1.54) is 17.7 Å². The second-order valence-electron chi connectivity index (χ2n) is 5.87. The molecule has 0 spiro atoms. The summed E-state index contributed by atoms with van der Waals surface area (Å²) in [7, 11) is 0. The number of nitrogens with zero attached hydrogens (tertiary/aromatic N) is 3. The second kappa shape index (κ2) is 6.25. The van der Waals surface area contributed by atoms with E-state index in [0.29, 0.717) is 28.0 Å². The van der Waals surface area contributed by atoms with Gasteiger partial charge >= 0.3 is 0 Å². The molecule has 2 heterocycles. The van der Waals surface area contributed by atoms with Gasteiger partial charge in [0.1, 0.15) is 5.82 Å². The number of aryl methyl sites for hydroxylation is 2. The third-order valence-electron chi connectivity index (χ3n) is 4.26. The van der Waals surface area contributed by atoms with Gasteiger partial charge in [0.15, 0.2) is 0 Å². The van der Waals surface area contributed by atoms with Crippen LogP contribution in [-0.4, -0.2) is 19.2 Å². The van der Waals surface area contributed by atoms with Crippen LogP contribution in [-0.2, 0) is 13.0 Å². The number of aromatic nitrogens is 4. The van der Waals surface area contributed by atoms with Gasteiger partial charge in [-0.15, -0.1) is 5.10 Å². The molecular formula is C18H15FN4OS. The summed E-state index contributed by atoms with van der Waals surface area (Å²) < 4.78 is 17.2. The molecule has 0 unspecified atom stereocenters. The number of aromatic amines is 1. The number of halogens is 1. The molecule has 4 rings (SSSR count). The molecule has 0 aliphatic heterocycles. The zero-order chi connectivity index (χ0) is 17.4. The molecular weight excluding hydrogens is 339 g/mol. The molecule has 0 aliphatic carbocycles. The Morgan fingerprint density at radius 1 is 1.16 bits per heavy atom. The zero-order valence-corrected chi connectivity index (χ0v) is 14.1. The number of fused-ring (bicyclic) bond motifs is 3. The highest BCUT2D eigenvalue weighted by Crippen LogP contribution is 2.15. The van der Waals surface area contributed by atoms with Crippen LogP contribution in [0.3, 0.4) is 0 Å². The van der Waals surface area contributed by atoms with Gasteiger partial charge in [0.05, 0.1) is 10.9 Å². The highest BCUT2D eigenvalue weighted by atomic mass is 32.1. The molecule has 5 nitrogen and oxygen atoms in total. The van der Waals surface area contributed by atoms with Crippen molar-refractivity contribution >= 4 is 28.9 Å². The maximum absolute atomic E-state index is 13.6. The zero-order valence-electron chi connectivity index (χ0n) is 13.3. The molecule has 4 aromatic rings. The van der Waals surface area contributed by atoms with Gasteiger partial charge in [-0.3, -0.25) is 13.8 Å². The predicted molar refractivity (Wildman–Crippen MR) is 96.9 cm³/mol. The molecule has 0 radical (unpaired) electrons. The lowest BCUT2D eigenvalue weighted by Gasteiger charge is -2.10. The van der Waals surface area contributed by atoms with E-state index in [-0.39, 0.29) is 5.56 Å². The molecule has 2 aromatic heterocycles. The lowest BCUT2D eigenvalue weighted by atomic mass is 10.1. The number of rotatable bonds is 4. The van der Waals surface area contributed by atoms with Crippen LogP contribution < -0.4 is 5.56 Å². The second-order valence-corrected chi connectivity index (χ2v) is 6.26. The molecule has 2 aromatic carbocycles. The molecule has 1 N–H and O–H groups in total. The topological polar surface area (TPSA) is 55.1 Å². The Morgan fingerprint density at radius 2 is 1.96 bits per heavy atom. The van der Waals surface area contributed by atoms with E-state index in [9.17, 15) is 9.18 Å². The summed E-state index contributed by atoms with van der Waals surface area (Å²) in [5.74, 6) is -0.00281. The fraction of sp³-hybridized carbons (Fsp3) is 0.167. The van der Waals surface area contributed by atoms with Gasteiger partial charge in [-0.1, -0.05) is 30.3 Å². The van der Waals surface area contributed by atoms with Crippen molar-refractivity contribution < 1.29 is 4.39 Å². The number of hydrogen-bond acceptors (Lipinski definition) is 3. The summed E-state index contributed by atoms with van der Waals surface area (Å²) in [4.78, 5) is 12.8. The highest BCUT2D eigenvalue weighted by molar-refractivity contribution is 7.71. The van der Waals surface area contributed by atoms with Crippen LogP contribution in [0.1, 0.15) is 12.0 Å². The van der Waals surface area contributed by atoms with Gasteiger partial charge in [-0.2, -0.15) is 0 Å². The van der Waals surface area contributed by atoms with E-state index in [0.717, 1.165) is 12.8 Å². The first kappa shape index (κ1) is 15.7. The van der Waals surface area contributed by atoms with E-state index >= 15 is 0 Å². The normalized spacial score (nSPS) is 11.4. The van der Waals surface area contributed by atoms with Gasteiger partial charge in [0.25, 0.3) is 5.56 Å². The van der Waals surface area contributed by atoms with Crippen LogP contribution in [0.4, 0.5) is 4.39 Å². The first-order chi connectivity index (χ1) is 12.1. The van der Waals surface area contributed by atoms with E-state index in [4.69, 9.17) is 12.2 Å². The molecule has 25 heavy (non-hydrogen) atoms. The average Bonchev–Trinajstić information content (AvgIpc) is 3.00. The molecule has 126 valence electrons. The van der Waals surface area contributed by atoms with E-state index < -0.39 is 5.82 Å². The van der Waals surface area contributed by atoms with Crippen LogP contribution >= 0.6 is 12.2 Å². The molecule has 0 fully saturated rings. The third kappa shape index (κ3) is 2.76. The monoisotopic (exact) mass is 354 g/mol. The van der Waals surface area contributed by atoms with Crippen LogP contribution in [0, 0.1) is 10.6 Å². The standard InChI is InChI=1S/C18H15FN4OS/c19-13-8-9-15-14(11-13)16(24)22(17-20-21-18(25)23(15)17)10-4-7-12-5-2-1-3-6-12/h1-3,5-6,8-9,11H,4,7,10H2,(H,21,25). The number of H-pyrrole nitrogens is 1. The fourth-order valence-corrected chi connectivity index (χ4v) is 3.31. The van der Waals surface area contributed by atoms with Gasteiger partial charge < -0.3 is 0 Å². The Balaban J connectivity index is 1.80. The molecule has 0 atom stereocenters. The molecule has 0 bridgehead atoms.